The number of amides is 1. The number of ketones is 1. The lowest BCUT2D eigenvalue weighted by atomic mass is 10.1. The molecular weight excluding hydrogens is 342 g/mol. The summed E-state index contributed by atoms with van der Waals surface area (Å²) in [6.07, 6.45) is 4.66. The minimum absolute atomic E-state index is 0.0643. The van der Waals surface area contributed by atoms with E-state index in [0.717, 1.165) is 24.5 Å². The van der Waals surface area contributed by atoms with E-state index in [9.17, 15) is 9.59 Å². The number of carbonyl (C=O) groups excluding carboxylic acids is 2. The van der Waals surface area contributed by atoms with E-state index in [2.05, 4.69) is 15.2 Å². The van der Waals surface area contributed by atoms with Gasteiger partial charge in [0.15, 0.2) is 12.4 Å². The van der Waals surface area contributed by atoms with E-state index in [1.54, 1.807) is 30.5 Å². The quantitative estimate of drug-likeness (QED) is 0.726. The van der Waals surface area contributed by atoms with Crippen LogP contribution in [0.25, 0.3) is 0 Å². The minimum Gasteiger partial charge on any atom is -0.484 e. The second kappa shape index (κ2) is 9.16. The zero-order valence-corrected chi connectivity index (χ0v) is 15.6. The van der Waals surface area contributed by atoms with Crippen molar-refractivity contribution < 1.29 is 14.3 Å². The first-order chi connectivity index (χ1) is 13.2. The number of hydrogen-bond acceptors (Lipinski definition) is 5. The Bertz CT molecular complexity index is 784. The fourth-order valence-electron chi connectivity index (χ4n) is 3.03. The molecule has 27 heavy (non-hydrogen) atoms. The summed E-state index contributed by atoms with van der Waals surface area (Å²) in [5.74, 6) is 1.43. The number of hydrogen-bond donors (Lipinski definition) is 1. The molecule has 3 rings (SSSR count). The lowest BCUT2D eigenvalue weighted by molar-refractivity contribution is -0.123. The average molecular weight is 367 g/mol. The van der Waals surface area contributed by atoms with E-state index >= 15 is 0 Å². The van der Waals surface area contributed by atoms with Crippen LogP contribution < -0.4 is 15.0 Å². The molecule has 1 aliphatic heterocycles. The number of aromatic nitrogens is 1. The molecule has 1 N–H and O–H groups in total. The maximum absolute atomic E-state index is 12.0. The van der Waals surface area contributed by atoms with E-state index in [-0.39, 0.29) is 18.3 Å². The Hall–Kier alpha value is -2.89. The molecule has 0 bridgehead atoms. The van der Waals surface area contributed by atoms with Gasteiger partial charge in [0.25, 0.3) is 5.91 Å². The van der Waals surface area contributed by atoms with Crippen LogP contribution in [-0.4, -0.2) is 36.4 Å². The highest BCUT2D eigenvalue weighted by Crippen LogP contribution is 2.18. The summed E-state index contributed by atoms with van der Waals surface area (Å²) in [4.78, 5) is 30.3. The second-order valence-corrected chi connectivity index (χ2v) is 6.58. The molecule has 1 fully saturated rings. The SMILES string of the molecule is CCC(=O)c1ccc(OCC(=O)NCc2ccnc(N3CCCC3)c2)cc1. The van der Waals surface area contributed by atoms with Gasteiger partial charge in [-0.2, -0.15) is 0 Å². The standard InChI is InChI=1S/C21H25N3O3/c1-2-19(25)17-5-7-18(8-6-17)27-15-21(26)23-14-16-9-10-22-20(13-16)24-11-3-4-12-24/h5-10,13H,2-4,11-12,14-15H2,1H3,(H,23,26). The van der Waals surface area contributed by atoms with E-state index < -0.39 is 0 Å². The van der Waals surface area contributed by atoms with Crippen molar-refractivity contribution >= 4 is 17.5 Å². The van der Waals surface area contributed by atoms with Crippen molar-refractivity contribution in [3.63, 3.8) is 0 Å². The maximum atomic E-state index is 12.0. The molecule has 0 spiro atoms. The molecule has 0 unspecified atom stereocenters. The number of nitrogens with one attached hydrogen (secondary N) is 1. The highest BCUT2D eigenvalue weighted by Gasteiger charge is 2.13. The zero-order chi connectivity index (χ0) is 19.1. The molecule has 1 saturated heterocycles. The van der Waals surface area contributed by atoms with Crippen LogP contribution in [-0.2, 0) is 11.3 Å². The molecule has 142 valence electrons. The number of anilines is 1. The number of benzene rings is 1. The predicted octanol–water partition coefficient (Wildman–Crippen LogP) is 2.97. The van der Waals surface area contributed by atoms with Crippen molar-refractivity contribution in [2.45, 2.75) is 32.7 Å². The van der Waals surface area contributed by atoms with Gasteiger partial charge in [-0.1, -0.05) is 6.92 Å². The van der Waals surface area contributed by atoms with Crippen molar-refractivity contribution in [1.29, 1.82) is 0 Å². The third-order valence-electron chi connectivity index (χ3n) is 4.60. The van der Waals surface area contributed by atoms with Crippen LogP contribution in [0.15, 0.2) is 42.6 Å². The van der Waals surface area contributed by atoms with Gasteiger partial charge >= 0.3 is 0 Å². The number of carbonyl (C=O) groups is 2. The second-order valence-electron chi connectivity index (χ2n) is 6.58. The monoisotopic (exact) mass is 367 g/mol. The maximum Gasteiger partial charge on any atom is 0.258 e. The first kappa shape index (κ1) is 18.9. The van der Waals surface area contributed by atoms with Crippen LogP contribution in [0.1, 0.15) is 42.1 Å². The fourth-order valence-corrected chi connectivity index (χ4v) is 3.03. The first-order valence-corrected chi connectivity index (χ1v) is 9.38. The van der Waals surface area contributed by atoms with Gasteiger partial charge in [-0.15, -0.1) is 0 Å². The molecular formula is C21H25N3O3. The number of Topliss-reactive ketones (excluding diaryl/α,β-unsaturated/α-hetero) is 1. The average Bonchev–Trinajstić information content (AvgIpc) is 3.25. The van der Waals surface area contributed by atoms with Gasteiger partial charge in [0.2, 0.25) is 0 Å². The molecule has 0 saturated carbocycles. The topological polar surface area (TPSA) is 71.5 Å². The van der Waals surface area contributed by atoms with E-state index in [1.807, 2.05) is 19.1 Å². The van der Waals surface area contributed by atoms with Gasteiger partial charge in [-0.05, 0) is 54.8 Å². The minimum atomic E-state index is -0.191. The predicted molar refractivity (Wildman–Crippen MR) is 104 cm³/mol. The zero-order valence-electron chi connectivity index (χ0n) is 15.6. The summed E-state index contributed by atoms with van der Waals surface area (Å²) >= 11 is 0. The molecule has 1 aromatic carbocycles. The smallest absolute Gasteiger partial charge is 0.258 e. The third kappa shape index (κ3) is 5.29. The Morgan fingerprint density at radius 3 is 2.59 bits per heavy atom. The molecule has 1 amide bonds. The Kier molecular flexibility index (Phi) is 6.41. The molecule has 2 heterocycles. The van der Waals surface area contributed by atoms with Crippen LogP contribution in [0.4, 0.5) is 5.82 Å². The lowest BCUT2D eigenvalue weighted by Crippen LogP contribution is -2.28. The number of pyridine rings is 1. The van der Waals surface area contributed by atoms with E-state index in [0.29, 0.717) is 24.3 Å². The van der Waals surface area contributed by atoms with Gasteiger partial charge in [0, 0.05) is 37.8 Å². The molecule has 0 aliphatic carbocycles. The number of rotatable bonds is 8. The summed E-state index contributed by atoms with van der Waals surface area (Å²) in [5, 5.41) is 2.86. The fraction of sp³-hybridized carbons (Fsp3) is 0.381. The molecule has 1 aliphatic rings. The summed E-state index contributed by atoms with van der Waals surface area (Å²) in [5.41, 5.74) is 1.67. The molecule has 6 heteroatoms. The third-order valence-corrected chi connectivity index (χ3v) is 4.60. The van der Waals surface area contributed by atoms with Gasteiger partial charge in [-0.3, -0.25) is 9.59 Å². The van der Waals surface area contributed by atoms with Gasteiger partial charge in [0.1, 0.15) is 11.6 Å². The van der Waals surface area contributed by atoms with Crippen LogP contribution in [0.2, 0.25) is 0 Å². The van der Waals surface area contributed by atoms with Crippen molar-refractivity contribution in [2.75, 3.05) is 24.6 Å². The molecule has 0 atom stereocenters. The normalized spacial score (nSPS) is 13.4. The highest BCUT2D eigenvalue weighted by molar-refractivity contribution is 5.95. The number of nitrogens with zero attached hydrogens (tertiary/aromatic N) is 2. The Morgan fingerprint density at radius 2 is 1.89 bits per heavy atom. The molecule has 2 aromatic rings. The van der Waals surface area contributed by atoms with Crippen LogP contribution in [0, 0.1) is 0 Å². The molecule has 0 radical (unpaired) electrons. The summed E-state index contributed by atoms with van der Waals surface area (Å²) < 4.78 is 5.49. The van der Waals surface area contributed by atoms with E-state index in [1.165, 1.54) is 12.8 Å². The van der Waals surface area contributed by atoms with E-state index in [4.69, 9.17) is 4.74 Å². The summed E-state index contributed by atoms with van der Waals surface area (Å²) in [7, 11) is 0. The Balaban J connectivity index is 1.46. The van der Waals surface area contributed by atoms with Gasteiger partial charge in [0.05, 0.1) is 0 Å². The van der Waals surface area contributed by atoms with Crippen LogP contribution >= 0.6 is 0 Å². The summed E-state index contributed by atoms with van der Waals surface area (Å²) in [6, 6.07) is 10.8. The first-order valence-electron chi connectivity index (χ1n) is 9.38. The molecule has 6 nitrogen and oxygen atoms in total. The summed E-state index contributed by atoms with van der Waals surface area (Å²) in [6.45, 7) is 4.28. The Morgan fingerprint density at radius 1 is 1.15 bits per heavy atom. The van der Waals surface area contributed by atoms with Crippen molar-refractivity contribution in [3.8, 4) is 5.75 Å². The molecule has 1 aromatic heterocycles. The van der Waals surface area contributed by atoms with Crippen molar-refractivity contribution in [3.05, 3.63) is 53.7 Å². The van der Waals surface area contributed by atoms with Crippen molar-refractivity contribution in [1.82, 2.24) is 10.3 Å². The largest absolute Gasteiger partial charge is 0.484 e. The van der Waals surface area contributed by atoms with Crippen LogP contribution in [0.3, 0.4) is 0 Å². The highest BCUT2D eigenvalue weighted by atomic mass is 16.5. The van der Waals surface area contributed by atoms with Gasteiger partial charge < -0.3 is 15.0 Å². The lowest BCUT2D eigenvalue weighted by Gasteiger charge is -2.17. The van der Waals surface area contributed by atoms with Gasteiger partial charge in [-0.25, -0.2) is 4.98 Å². The van der Waals surface area contributed by atoms with Crippen LogP contribution in [0.5, 0.6) is 5.75 Å². The van der Waals surface area contributed by atoms with Crippen molar-refractivity contribution in [2.24, 2.45) is 0 Å². The Labute approximate surface area is 159 Å². The number of ether oxygens (including phenoxy) is 1.